The van der Waals surface area contributed by atoms with E-state index in [0.717, 1.165) is 16.9 Å². The fourth-order valence-corrected chi connectivity index (χ4v) is 3.27. The Kier molecular flexibility index (Phi) is 5.95. The molecule has 1 aliphatic heterocycles. The van der Waals surface area contributed by atoms with Crippen LogP contribution in [0.25, 0.3) is 0 Å². The van der Waals surface area contributed by atoms with E-state index < -0.39 is 11.7 Å². The van der Waals surface area contributed by atoms with Gasteiger partial charge in [-0.3, -0.25) is 19.4 Å². The lowest BCUT2D eigenvalue weighted by Crippen LogP contribution is -2.38. The van der Waals surface area contributed by atoms with Crippen LogP contribution >= 0.6 is 0 Å². The maximum atomic E-state index is 12.5. The number of benzene rings is 2. The van der Waals surface area contributed by atoms with Crippen molar-refractivity contribution in [2.45, 2.75) is 26.3 Å². The summed E-state index contributed by atoms with van der Waals surface area (Å²) in [4.78, 5) is 28.5. The molecule has 0 fully saturated rings. The van der Waals surface area contributed by atoms with Crippen molar-refractivity contribution >= 4 is 17.4 Å². The van der Waals surface area contributed by atoms with Gasteiger partial charge in [0.15, 0.2) is 0 Å². The first-order valence-corrected chi connectivity index (χ1v) is 9.42. The first kappa shape index (κ1) is 19.8. The van der Waals surface area contributed by atoms with E-state index in [1.54, 1.807) is 11.0 Å². The number of rotatable bonds is 8. The Bertz CT molecular complexity index is 887. The van der Waals surface area contributed by atoms with E-state index in [1.165, 1.54) is 0 Å². The van der Waals surface area contributed by atoms with Crippen molar-refractivity contribution in [2.24, 2.45) is 0 Å². The highest BCUT2D eigenvalue weighted by atomic mass is 16.5. The van der Waals surface area contributed by atoms with Gasteiger partial charge in [-0.25, -0.2) is 0 Å². The van der Waals surface area contributed by atoms with Gasteiger partial charge in [-0.15, -0.1) is 0 Å². The molecular weight excluding hydrogens is 352 g/mol. The second-order valence-corrected chi connectivity index (χ2v) is 7.39. The average molecular weight is 378 g/mol. The summed E-state index contributed by atoms with van der Waals surface area (Å²) in [7, 11) is 1.93. The largest absolute Gasteiger partial charge is 0.490 e. The molecule has 1 amide bonds. The van der Waals surface area contributed by atoms with Gasteiger partial charge in [0.2, 0.25) is 0 Å². The molecule has 0 spiro atoms. The minimum absolute atomic E-state index is 0.309. The van der Waals surface area contributed by atoms with Gasteiger partial charge in [0.25, 0.3) is 5.78 Å². The standard InChI is InChI=1S/C23H26N2O3/c1-5-12-28-19-9-6-17(7-10-19)14-24(4)15-25-21-11-8-18(16(2)3)13-20(21)22(26)23(25)27/h5-11,13,16H,1,12,14-15H2,2-4H3. The fraction of sp³-hybridized carbons (Fsp3) is 0.304. The molecule has 0 N–H and O–H groups in total. The van der Waals surface area contributed by atoms with Gasteiger partial charge >= 0.3 is 5.91 Å². The summed E-state index contributed by atoms with van der Waals surface area (Å²) >= 11 is 0. The van der Waals surface area contributed by atoms with Crippen LogP contribution in [0.2, 0.25) is 0 Å². The number of ether oxygens (including phenoxy) is 1. The van der Waals surface area contributed by atoms with Crippen LogP contribution in [0, 0.1) is 0 Å². The third kappa shape index (κ3) is 4.15. The number of carbonyl (C=O) groups excluding carboxylic acids is 2. The third-order valence-electron chi connectivity index (χ3n) is 4.79. The number of nitrogens with zero attached hydrogens (tertiary/aromatic N) is 2. The van der Waals surface area contributed by atoms with E-state index in [9.17, 15) is 9.59 Å². The van der Waals surface area contributed by atoms with Crippen LogP contribution in [0.3, 0.4) is 0 Å². The van der Waals surface area contributed by atoms with Crippen LogP contribution in [0.15, 0.2) is 55.1 Å². The molecule has 0 aromatic heterocycles. The van der Waals surface area contributed by atoms with Crippen molar-refractivity contribution in [3.05, 3.63) is 71.8 Å². The zero-order valence-corrected chi connectivity index (χ0v) is 16.6. The molecule has 5 heteroatoms. The normalized spacial score (nSPS) is 13.4. The molecule has 3 rings (SSSR count). The summed E-state index contributed by atoms with van der Waals surface area (Å²) in [5, 5.41) is 0. The predicted molar refractivity (Wildman–Crippen MR) is 111 cm³/mol. The molecule has 5 nitrogen and oxygen atoms in total. The number of Topliss-reactive ketones (excluding diaryl/α,β-unsaturated/α-hetero) is 1. The smallest absolute Gasteiger partial charge is 0.300 e. The van der Waals surface area contributed by atoms with Gasteiger partial charge in [-0.05, 0) is 48.4 Å². The van der Waals surface area contributed by atoms with Crippen molar-refractivity contribution < 1.29 is 14.3 Å². The molecule has 0 aliphatic carbocycles. The molecule has 1 heterocycles. The predicted octanol–water partition coefficient (Wildman–Crippen LogP) is 3.99. The van der Waals surface area contributed by atoms with Crippen LogP contribution in [-0.4, -0.2) is 36.9 Å². The minimum Gasteiger partial charge on any atom is -0.490 e. The Morgan fingerprint density at radius 2 is 1.86 bits per heavy atom. The molecule has 0 saturated carbocycles. The molecule has 0 atom stereocenters. The number of hydrogen-bond acceptors (Lipinski definition) is 4. The lowest BCUT2D eigenvalue weighted by atomic mass is 9.99. The molecule has 0 saturated heterocycles. The lowest BCUT2D eigenvalue weighted by molar-refractivity contribution is -0.114. The Balaban J connectivity index is 1.69. The van der Waals surface area contributed by atoms with Crippen molar-refractivity contribution in [3.8, 4) is 5.75 Å². The monoisotopic (exact) mass is 378 g/mol. The Hall–Kier alpha value is -2.92. The van der Waals surface area contributed by atoms with E-state index in [4.69, 9.17) is 4.74 Å². The van der Waals surface area contributed by atoms with Crippen LogP contribution in [-0.2, 0) is 11.3 Å². The first-order chi connectivity index (χ1) is 13.4. The molecular formula is C23H26N2O3. The molecule has 28 heavy (non-hydrogen) atoms. The number of fused-ring (bicyclic) bond motifs is 1. The zero-order chi connectivity index (χ0) is 20.3. The molecule has 0 bridgehead atoms. The number of anilines is 1. The first-order valence-electron chi connectivity index (χ1n) is 9.42. The summed E-state index contributed by atoms with van der Waals surface area (Å²) in [6.45, 7) is 9.26. The van der Waals surface area contributed by atoms with Gasteiger partial charge in [-0.2, -0.15) is 0 Å². The molecule has 2 aromatic carbocycles. The Morgan fingerprint density at radius 1 is 1.14 bits per heavy atom. The van der Waals surface area contributed by atoms with Crippen LogP contribution < -0.4 is 9.64 Å². The van der Waals surface area contributed by atoms with Gasteiger partial charge < -0.3 is 4.74 Å². The zero-order valence-electron chi connectivity index (χ0n) is 16.6. The summed E-state index contributed by atoms with van der Waals surface area (Å²) < 4.78 is 5.49. The highest BCUT2D eigenvalue weighted by molar-refractivity contribution is 6.52. The van der Waals surface area contributed by atoms with E-state index >= 15 is 0 Å². The molecule has 146 valence electrons. The fourth-order valence-electron chi connectivity index (χ4n) is 3.27. The second-order valence-electron chi connectivity index (χ2n) is 7.39. The Morgan fingerprint density at radius 3 is 2.50 bits per heavy atom. The van der Waals surface area contributed by atoms with Crippen molar-refractivity contribution in [1.29, 1.82) is 0 Å². The van der Waals surface area contributed by atoms with E-state index in [-0.39, 0.29) is 0 Å². The second kappa shape index (κ2) is 8.40. The maximum absolute atomic E-state index is 12.5. The minimum atomic E-state index is -0.462. The number of hydrogen-bond donors (Lipinski definition) is 0. The van der Waals surface area contributed by atoms with Crippen LogP contribution in [0.5, 0.6) is 5.75 Å². The van der Waals surface area contributed by atoms with Crippen LogP contribution in [0.1, 0.15) is 41.3 Å². The van der Waals surface area contributed by atoms with E-state index in [0.29, 0.717) is 37.0 Å². The summed E-state index contributed by atoms with van der Waals surface area (Å²) in [5.74, 6) is 0.218. The molecule has 0 unspecified atom stereocenters. The molecule has 0 radical (unpaired) electrons. The topological polar surface area (TPSA) is 49.9 Å². The highest BCUT2D eigenvalue weighted by Crippen LogP contribution is 2.32. The highest BCUT2D eigenvalue weighted by Gasteiger charge is 2.36. The quantitative estimate of drug-likeness (QED) is 0.515. The van der Waals surface area contributed by atoms with E-state index in [2.05, 4.69) is 20.4 Å². The van der Waals surface area contributed by atoms with E-state index in [1.807, 2.05) is 54.4 Å². The number of amides is 1. The van der Waals surface area contributed by atoms with Gasteiger partial charge in [0, 0.05) is 6.54 Å². The Labute approximate surface area is 166 Å². The van der Waals surface area contributed by atoms with Crippen molar-refractivity contribution in [3.63, 3.8) is 0 Å². The third-order valence-corrected chi connectivity index (χ3v) is 4.79. The van der Waals surface area contributed by atoms with Gasteiger partial charge in [0.1, 0.15) is 12.4 Å². The number of ketones is 1. The average Bonchev–Trinajstić information content (AvgIpc) is 2.92. The summed E-state index contributed by atoms with van der Waals surface area (Å²) in [5.41, 5.74) is 3.36. The van der Waals surface area contributed by atoms with Crippen LogP contribution in [0.4, 0.5) is 5.69 Å². The summed E-state index contributed by atoms with van der Waals surface area (Å²) in [6.07, 6.45) is 1.71. The maximum Gasteiger partial charge on any atom is 0.300 e. The van der Waals surface area contributed by atoms with Crippen molar-refractivity contribution in [2.75, 3.05) is 25.2 Å². The lowest BCUT2D eigenvalue weighted by Gasteiger charge is -2.24. The van der Waals surface area contributed by atoms with Crippen molar-refractivity contribution in [1.82, 2.24) is 4.90 Å². The SMILES string of the molecule is C=CCOc1ccc(CN(C)CN2C(=O)C(=O)c3cc(C(C)C)ccc32)cc1. The number of carbonyl (C=O) groups is 2. The summed E-state index contributed by atoms with van der Waals surface area (Å²) in [6, 6.07) is 13.5. The van der Waals surface area contributed by atoms with Gasteiger partial charge in [0.05, 0.1) is 17.9 Å². The van der Waals surface area contributed by atoms with Gasteiger partial charge in [-0.1, -0.05) is 44.7 Å². The molecule has 2 aromatic rings. The molecule has 1 aliphatic rings.